The van der Waals surface area contributed by atoms with Crippen molar-refractivity contribution in [3.05, 3.63) is 65.9 Å². The second kappa shape index (κ2) is 5.45. The summed E-state index contributed by atoms with van der Waals surface area (Å²) in [5, 5.41) is 2.32. The van der Waals surface area contributed by atoms with Crippen molar-refractivity contribution < 1.29 is 4.42 Å². The number of furan rings is 1. The predicted octanol–water partition coefficient (Wildman–Crippen LogP) is 7.00. The van der Waals surface area contributed by atoms with E-state index in [1.54, 1.807) is 0 Å². The predicted molar refractivity (Wildman–Crippen MR) is 112 cm³/mol. The van der Waals surface area contributed by atoms with Gasteiger partial charge in [0.05, 0.1) is 5.69 Å². The molecule has 0 bridgehead atoms. The van der Waals surface area contributed by atoms with E-state index in [0.717, 1.165) is 33.2 Å². The molecule has 2 heterocycles. The molecule has 0 unspecified atom stereocenters. The van der Waals surface area contributed by atoms with E-state index in [1.807, 2.05) is 12.1 Å². The van der Waals surface area contributed by atoms with Crippen molar-refractivity contribution in [2.45, 2.75) is 51.4 Å². The number of benzene rings is 2. The molecule has 0 spiro atoms. The maximum Gasteiger partial charge on any atom is 0.144 e. The fourth-order valence-electron chi connectivity index (χ4n) is 4.55. The lowest BCUT2D eigenvalue weighted by Crippen LogP contribution is -2.34. The minimum Gasteiger partial charge on any atom is -0.455 e. The van der Waals surface area contributed by atoms with E-state index < -0.39 is 0 Å². The quantitative estimate of drug-likeness (QED) is 0.367. The Morgan fingerprint density at radius 2 is 1.52 bits per heavy atom. The van der Waals surface area contributed by atoms with Gasteiger partial charge >= 0.3 is 0 Å². The lowest BCUT2D eigenvalue weighted by molar-refractivity contribution is 0.331. The lowest BCUT2D eigenvalue weighted by atomic mass is 9.63. The number of nitrogens with zero attached hydrogens (tertiary/aromatic N) is 1. The molecule has 0 fully saturated rings. The zero-order chi connectivity index (χ0) is 18.8. The third kappa shape index (κ3) is 2.43. The van der Waals surface area contributed by atoms with Gasteiger partial charge in [-0.1, -0.05) is 58.0 Å². The molecule has 2 heteroatoms. The van der Waals surface area contributed by atoms with E-state index in [9.17, 15) is 0 Å². The Hall–Kier alpha value is -2.61. The Kier molecular flexibility index (Phi) is 3.34. The number of hydrogen-bond donors (Lipinski definition) is 0. The smallest absolute Gasteiger partial charge is 0.144 e. The van der Waals surface area contributed by atoms with Gasteiger partial charge in [0.15, 0.2) is 0 Å². The van der Waals surface area contributed by atoms with Crippen molar-refractivity contribution in [2.75, 3.05) is 0 Å². The number of hydrogen-bond acceptors (Lipinski definition) is 2. The number of fused-ring (bicyclic) bond motifs is 4. The monoisotopic (exact) mass is 355 g/mol. The van der Waals surface area contributed by atoms with E-state index in [2.05, 4.69) is 70.3 Å². The summed E-state index contributed by atoms with van der Waals surface area (Å²) in [5.41, 5.74) is 7.11. The molecule has 0 N–H and O–H groups in total. The third-order valence-corrected chi connectivity index (χ3v) is 6.42. The molecule has 0 atom stereocenters. The first-order valence-electron chi connectivity index (χ1n) is 9.78. The second-order valence-electron chi connectivity index (χ2n) is 9.16. The zero-order valence-corrected chi connectivity index (χ0v) is 16.5. The van der Waals surface area contributed by atoms with Crippen molar-refractivity contribution >= 4 is 21.9 Å². The summed E-state index contributed by atoms with van der Waals surface area (Å²) in [4.78, 5) is 4.88. The van der Waals surface area contributed by atoms with Crippen LogP contribution >= 0.6 is 0 Å². The lowest BCUT2D eigenvalue weighted by Gasteiger charge is -2.41. The Morgan fingerprint density at radius 3 is 2.33 bits per heavy atom. The standard InChI is InChI=1S/C25H25NO/c1-24(2)12-13-25(3,4)20-15-26-21(14-19(20)24)18-10-7-9-17-16-8-5-6-11-22(16)27-23(17)18/h5-11,14-15H,12-13H2,1-4H3. The number of aromatic nitrogens is 1. The van der Waals surface area contributed by atoms with E-state index in [-0.39, 0.29) is 10.8 Å². The molecule has 0 amide bonds. The Bertz CT molecular complexity index is 1180. The molecule has 2 aromatic heterocycles. The van der Waals surface area contributed by atoms with Gasteiger partial charge in [-0.15, -0.1) is 0 Å². The van der Waals surface area contributed by atoms with Crippen molar-refractivity contribution in [1.82, 2.24) is 4.98 Å². The topological polar surface area (TPSA) is 26.0 Å². The first-order chi connectivity index (χ1) is 12.9. The average Bonchev–Trinajstić information content (AvgIpc) is 3.04. The first kappa shape index (κ1) is 16.6. The normalized spacial score (nSPS) is 17.9. The van der Waals surface area contributed by atoms with Gasteiger partial charge in [-0.25, -0.2) is 0 Å². The van der Waals surface area contributed by atoms with Crippen LogP contribution in [0.15, 0.2) is 59.1 Å². The summed E-state index contributed by atoms with van der Waals surface area (Å²) in [5.74, 6) is 0. The summed E-state index contributed by atoms with van der Waals surface area (Å²) in [6, 6.07) is 16.9. The van der Waals surface area contributed by atoms with Crippen molar-refractivity contribution in [2.24, 2.45) is 0 Å². The molecule has 0 saturated heterocycles. The number of pyridine rings is 1. The van der Waals surface area contributed by atoms with Crippen LogP contribution in [0.1, 0.15) is 51.7 Å². The maximum absolute atomic E-state index is 6.23. The van der Waals surface area contributed by atoms with Gasteiger partial charge in [0.1, 0.15) is 11.2 Å². The highest BCUT2D eigenvalue weighted by Crippen LogP contribution is 2.46. The third-order valence-electron chi connectivity index (χ3n) is 6.42. The van der Waals surface area contributed by atoms with Gasteiger partial charge in [-0.05, 0) is 53.0 Å². The molecule has 4 aromatic rings. The second-order valence-corrected chi connectivity index (χ2v) is 9.16. The van der Waals surface area contributed by atoms with Crippen LogP contribution in [0.5, 0.6) is 0 Å². The van der Waals surface area contributed by atoms with Crippen molar-refractivity contribution in [3.63, 3.8) is 0 Å². The largest absolute Gasteiger partial charge is 0.455 e. The minimum absolute atomic E-state index is 0.171. The fraction of sp³-hybridized carbons (Fsp3) is 0.320. The van der Waals surface area contributed by atoms with Gasteiger partial charge < -0.3 is 4.42 Å². The fourth-order valence-corrected chi connectivity index (χ4v) is 4.55. The SMILES string of the molecule is CC1(C)CCC(C)(C)c2cc(-c3cccc4c3oc3ccccc34)ncc21. The number of rotatable bonds is 1. The maximum atomic E-state index is 6.23. The summed E-state index contributed by atoms with van der Waals surface area (Å²) in [6.07, 6.45) is 4.51. The van der Waals surface area contributed by atoms with Gasteiger partial charge in [0, 0.05) is 22.5 Å². The molecule has 0 aliphatic heterocycles. The van der Waals surface area contributed by atoms with E-state index in [0.29, 0.717) is 0 Å². The molecular weight excluding hydrogens is 330 g/mol. The van der Waals surface area contributed by atoms with E-state index in [1.165, 1.54) is 24.0 Å². The van der Waals surface area contributed by atoms with Crippen LogP contribution < -0.4 is 0 Å². The van der Waals surface area contributed by atoms with Crippen LogP contribution in [0, 0.1) is 0 Å². The Morgan fingerprint density at radius 1 is 0.815 bits per heavy atom. The Labute approximate surface area is 160 Å². The van der Waals surface area contributed by atoms with Crippen LogP contribution in [0.4, 0.5) is 0 Å². The van der Waals surface area contributed by atoms with Crippen molar-refractivity contribution in [3.8, 4) is 11.3 Å². The van der Waals surface area contributed by atoms with Gasteiger partial charge in [0.2, 0.25) is 0 Å². The summed E-state index contributed by atoms with van der Waals surface area (Å²) < 4.78 is 6.23. The zero-order valence-electron chi connectivity index (χ0n) is 16.5. The average molecular weight is 355 g/mol. The van der Waals surface area contributed by atoms with E-state index >= 15 is 0 Å². The van der Waals surface area contributed by atoms with Crippen LogP contribution in [0.2, 0.25) is 0 Å². The molecule has 2 nitrogen and oxygen atoms in total. The molecule has 136 valence electrons. The van der Waals surface area contributed by atoms with Gasteiger partial charge in [-0.3, -0.25) is 4.98 Å². The highest BCUT2D eigenvalue weighted by molar-refractivity contribution is 6.09. The summed E-state index contributed by atoms with van der Waals surface area (Å²) >= 11 is 0. The molecule has 0 radical (unpaired) electrons. The van der Waals surface area contributed by atoms with Gasteiger partial charge in [-0.2, -0.15) is 0 Å². The molecule has 2 aromatic carbocycles. The molecular formula is C25H25NO. The minimum atomic E-state index is 0.171. The molecule has 0 saturated carbocycles. The molecule has 1 aliphatic carbocycles. The van der Waals surface area contributed by atoms with E-state index in [4.69, 9.17) is 9.40 Å². The van der Waals surface area contributed by atoms with Crippen LogP contribution in [0.3, 0.4) is 0 Å². The van der Waals surface area contributed by atoms with Crippen LogP contribution in [-0.2, 0) is 10.8 Å². The molecule has 1 aliphatic rings. The summed E-state index contributed by atoms with van der Waals surface area (Å²) in [6.45, 7) is 9.38. The number of para-hydroxylation sites is 2. The first-order valence-corrected chi connectivity index (χ1v) is 9.78. The highest BCUT2D eigenvalue weighted by atomic mass is 16.3. The summed E-state index contributed by atoms with van der Waals surface area (Å²) in [7, 11) is 0. The molecule has 5 rings (SSSR count). The Balaban J connectivity index is 1.77. The molecule has 27 heavy (non-hydrogen) atoms. The van der Waals surface area contributed by atoms with Crippen LogP contribution in [-0.4, -0.2) is 4.98 Å². The van der Waals surface area contributed by atoms with Crippen molar-refractivity contribution in [1.29, 1.82) is 0 Å². The highest BCUT2D eigenvalue weighted by Gasteiger charge is 2.37. The van der Waals surface area contributed by atoms with Gasteiger partial charge in [0.25, 0.3) is 0 Å². The van der Waals surface area contributed by atoms with Crippen LogP contribution in [0.25, 0.3) is 33.2 Å².